The van der Waals surface area contributed by atoms with Crippen LogP contribution in [-0.2, 0) is 6.54 Å². The highest BCUT2D eigenvalue weighted by Crippen LogP contribution is 2.34. The SMILES string of the molecule is COc1ccc(-c2nc(CN(C)CC(O)CO)c(C)o2)c2ccccc12. The van der Waals surface area contributed by atoms with Gasteiger partial charge in [0.25, 0.3) is 0 Å². The average Bonchev–Trinajstić information content (AvgIpc) is 3.00. The van der Waals surface area contributed by atoms with E-state index in [1.165, 1.54) is 0 Å². The minimum atomic E-state index is -0.766. The highest BCUT2D eigenvalue weighted by molar-refractivity contribution is 5.98. The maximum atomic E-state index is 9.58. The number of aryl methyl sites for hydroxylation is 1. The fourth-order valence-corrected chi connectivity index (χ4v) is 3.06. The number of hydrogen-bond donors (Lipinski definition) is 2. The van der Waals surface area contributed by atoms with Gasteiger partial charge in [-0.05, 0) is 31.5 Å². The number of oxazole rings is 1. The third kappa shape index (κ3) is 3.72. The molecule has 3 rings (SSSR count). The summed E-state index contributed by atoms with van der Waals surface area (Å²) in [6.45, 7) is 2.52. The summed E-state index contributed by atoms with van der Waals surface area (Å²) in [6, 6.07) is 11.9. The molecular weight excluding hydrogens is 332 g/mol. The smallest absolute Gasteiger partial charge is 0.227 e. The predicted molar refractivity (Wildman–Crippen MR) is 100 cm³/mol. The van der Waals surface area contributed by atoms with Crippen molar-refractivity contribution in [3.05, 3.63) is 47.9 Å². The Morgan fingerprint density at radius 2 is 1.92 bits per heavy atom. The number of aliphatic hydroxyl groups excluding tert-OH is 2. The lowest BCUT2D eigenvalue weighted by Gasteiger charge is -2.18. The first kappa shape index (κ1) is 18.4. The summed E-state index contributed by atoms with van der Waals surface area (Å²) < 4.78 is 11.4. The van der Waals surface area contributed by atoms with E-state index in [1.54, 1.807) is 7.11 Å². The van der Waals surface area contributed by atoms with Gasteiger partial charge in [0, 0.05) is 24.0 Å². The summed E-state index contributed by atoms with van der Waals surface area (Å²) in [5.74, 6) is 2.11. The third-order valence-electron chi connectivity index (χ3n) is 4.38. The van der Waals surface area contributed by atoms with Gasteiger partial charge < -0.3 is 19.4 Å². The summed E-state index contributed by atoms with van der Waals surface area (Å²) in [5, 5.41) is 20.6. The molecule has 0 saturated carbocycles. The van der Waals surface area contributed by atoms with Gasteiger partial charge in [-0.1, -0.05) is 24.3 Å². The van der Waals surface area contributed by atoms with Crippen LogP contribution >= 0.6 is 0 Å². The Kier molecular flexibility index (Phi) is 5.56. The van der Waals surface area contributed by atoms with Crippen molar-refractivity contribution in [1.29, 1.82) is 0 Å². The molecule has 2 aromatic carbocycles. The molecule has 0 spiro atoms. The fourth-order valence-electron chi connectivity index (χ4n) is 3.06. The maximum absolute atomic E-state index is 9.58. The van der Waals surface area contributed by atoms with Gasteiger partial charge in [0.05, 0.1) is 25.5 Å². The summed E-state index contributed by atoms with van der Waals surface area (Å²) in [5.41, 5.74) is 1.72. The second-order valence-electron chi connectivity index (χ2n) is 6.42. The molecule has 6 nitrogen and oxygen atoms in total. The first-order chi connectivity index (χ1) is 12.5. The van der Waals surface area contributed by atoms with Crippen molar-refractivity contribution in [2.75, 3.05) is 27.3 Å². The molecule has 1 aromatic heterocycles. The molecule has 0 radical (unpaired) electrons. The quantitative estimate of drug-likeness (QED) is 0.677. The van der Waals surface area contributed by atoms with Gasteiger partial charge in [-0.15, -0.1) is 0 Å². The second-order valence-corrected chi connectivity index (χ2v) is 6.42. The van der Waals surface area contributed by atoms with E-state index >= 15 is 0 Å². The summed E-state index contributed by atoms with van der Waals surface area (Å²) in [4.78, 5) is 6.57. The van der Waals surface area contributed by atoms with Crippen LogP contribution in [0.25, 0.3) is 22.2 Å². The number of likely N-dealkylation sites (N-methyl/N-ethyl adjacent to an activating group) is 1. The van der Waals surface area contributed by atoms with E-state index < -0.39 is 6.10 Å². The Morgan fingerprint density at radius 3 is 2.62 bits per heavy atom. The third-order valence-corrected chi connectivity index (χ3v) is 4.38. The molecule has 0 bridgehead atoms. The number of rotatable bonds is 7. The molecule has 0 aliphatic heterocycles. The van der Waals surface area contributed by atoms with E-state index in [0.717, 1.165) is 33.5 Å². The van der Waals surface area contributed by atoms with Crippen LogP contribution < -0.4 is 4.74 Å². The number of benzene rings is 2. The van der Waals surface area contributed by atoms with Gasteiger partial charge in [0.2, 0.25) is 5.89 Å². The molecular formula is C20H24N2O4. The summed E-state index contributed by atoms with van der Waals surface area (Å²) in [6.07, 6.45) is -0.766. The zero-order valence-electron chi connectivity index (χ0n) is 15.3. The van der Waals surface area contributed by atoms with Crippen LogP contribution in [0.5, 0.6) is 5.75 Å². The molecule has 0 aliphatic carbocycles. The van der Waals surface area contributed by atoms with Gasteiger partial charge in [-0.25, -0.2) is 4.98 Å². The Hall–Kier alpha value is -2.41. The Morgan fingerprint density at radius 1 is 1.19 bits per heavy atom. The average molecular weight is 356 g/mol. The molecule has 1 atom stereocenters. The van der Waals surface area contributed by atoms with Gasteiger partial charge in [-0.2, -0.15) is 0 Å². The number of aliphatic hydroxyl groups is 2. The van der Waals surface area contributed by atoms with Crippen molar-refractivity contribution < 1.29 is 19.4 Å². The van der Waals surface area contributed by atoms with Crippen LogP contribution in [0.2, 0.25) is 0 Å². The van der Waals surface area contributed by atoms with Crippen molar-refractivity contribution in [3.8, 4) is 17.2 Å². The Labute approximate surface area is 152 Å². The highest BCUT2D eigenvalue weighted by Gasteiger charge is 2.17. The minimum absolute atomic E-state index is 0.259. The number of ether oxygens (including phenoxy) is 1. The van der Waals surface area contributed by atoms with E-state index in [2.05, 4.69) is 4.98 Å². The molecule has 138 valence electrons. The molecule has 26 heavy (non-hydrogen) atoms. The fraction of sp³-hybridized carbons (Fsp3) is 0.350. The molecule has 0 aliphatic rings. The predicted octanol–water partition coefficient (Wildman–Crippen LogP) is 2.60. The van der Waals surface area contributed by atoms with Crippen LogP contribution in [0.4, 0.5) is 0 Å². The molecule has 6 heteroatoms. The van der Waals surface area contributed by atoms with Crippen molar-refractivity contribution in [3.63, 3.8) is 0 Å². The minimum Gasteiger partial charge on any atom is -0.496 e. The van der Waals surface area contributed by atoms with E-state index in [-0.39, 0.29) is 6.61 Å². The lowest BCUT2D eigenvalue weighted by molar-refractivity contribution is 0.0644. The van der Waals surface area contributed by atoms with Crippen LogP contribution in [0.3, 0.4) is 0 Å². The second kappa shape index (κ2) is 7.86. The standard InChI is InChI=1S/C20H24N2O4/c1-13-18(11-22(2)10-14(24)12-23)21-20(26-13)17-8-9-19(25-3)16-7-5-4-6-15(16)17/h4-9,14,23-24H,10-12H2,1-3H3. The molecule has 0 saturated heterocycles. The number of hydrogen-bond acceptors (Lipinski definition) is 6. The van der Waals surface area contributed by atoms with Gasteiger partial charge in [0.1, 0.15) is 11.5 Å². The van der Waals surface area contributed by atoms with Gasteiger partial charge >= 0.3 is 0 Å². The van der Waals surface area contributed by atoms with Crippen LogP contribution in [0, 0.1) is 6.92 Å². The Balaban J connectivity index is 1.93. The largest absolute Gasteiger partial charge is 0.496 e. The van der Waals surface area contributed by atoms with Crippen LogP contribution in [0.1, 0.15) is 11.5 Å². The lowest BCUT2D eigenvalue weighted by atomic mass is 10.0. The number of aromatic nitrogens is 1. The lowest BCUT2D eigenvalue weighted by Crippen LogP contribution is -2.31. The highest BCUT2D eigenvalue weighted by atomic mass is 16.5. The normalized spacial score (nSPS) is 12.7. The van der Waals surface area contributed by atoms with Crippen LogP contribution in [0.15, 0.2) is 40.8 Å². The first-order valence-electron chi connectivity index (χ1n) is 8.53. The maximum Gasteiger partial charge on any atom is 0.227 e. The van der Waals surface area contributed by atoms with E-state index in [4.69, 9.17) is 14.3 Å². The van der Waals surface area contributed by atoms with Crippen molar-refractivity contribution in [1.82, 2.24) is 9.88 Å². The number of nitrogens with zero attached hydrogens (tertiary/aromatic N) is 2. The van der Waals surface area contributed by atoms with Crippen molar-refractivity contribution in [2.45, 2.75) is 19.6 Å². The molecule has 3 aromatic rings. The molecule has 0 amide bonds. The van der Waals surface area contributed by atoms with Crippen molar-refractivity contribution >= 4 is 10.8 Å². The zero-order valence-corrected chi connectivity index (χ0v) is 15.3. The summed E-state index contributed by atoms with van der Waals surface area (Å²) >= 11 is 0. The first-order valence-corrected chi connectivity index (χ1v) is 8.53. The van der Waals surface area contributed by atoms with E-state index in [1.807, 2.05) is 55.3 Å². The van der Waals surface area contributed by atoms with Gasteiger partial charge in [-0.3, -0.25) is 4.90 Å². The molecule has 0 fully saturated rings. The molecule has 1 unspecified atom stereocenters. The van der Waals surface area contributed by atoms with Crippen molar-refractivity contribution in [2.24, 2.45) is 0 Å². The zero-order chi connectivity index (χ0) is 18.7. The van der Waals surface area contributed by atoms with Crippen LogP contribution in [-0.4, -0.2) is 53.5 Å². The summed E-state index contributed by atoms with van der Waals surface area (Å²) in [7, 11) is 3.53. The number of fused-ring (bicyclic) bond motifs is 1. The van der Waals surface area contributed by atoms with E-state index in [9.17, 15) is 5.11 Å². The molecule has 1 heterocycles. The van der Waals surface area contributed by atoms with Gasteiger partial charge in [0.15, 0.2) is 0 Å². The Bertz CT molecular complexity index is 891. The topological polar surface area (TPSA) is 79.0 Å². The molecule has 2 N–H and O–H groups in total. The van der Waals surface area contributed by atoms with E-state index in [0.29, 0.717) is 19.0 Å². The monoisotopic (exact) mass is 356 g/mol. The number of methoxy groups -OCH3 is 1.